The number of hydrogen-bond donors (Lipinski definition) is 0. The van der Waals surface area contributed by atoms with E-state index in [-0.39, 0.29) is 0 Å². The summed E-state index contributed by atoms with van der Waals surface area (Å²) in [7, 11) is -3.33. The summed E-state index contributed by atoms with van der Waals surface area (Å²) in [6.07, 6.45) is 1.12. The zero-order valence-corrected chi connectivity index (χ0v) is 16.8. The maximum Gasteiger partial charge on any atom is 0.544 e. The average molecular weight is 387 g/mol. The second-order valence-corrected chi connectivity index (χ2v) is 8.75. The van der Waals surface area contributed by atoms with Gasteiger partial charge in [0.15, 0.2) is 5.73 Å². The summed E-state index contributed by atoms with van der Waals surface area (Å²) < 4.78 is 23.7. The first-order valence-electron chi connectivity index (χ1n) is 8.92. The number of carbonyl (C=O) groups excluding carboxylic acids is 1. The van der Waals surface area contributed by atoms with Gasteiger partial charge in [0.1, 0.15) is 0 Å². The first-order valence-corrected chi connectivity index (χ1v) is 10.7. The van der Waals surface area contributed by atoms with E-state index in [1.54, 1.807) is 6.92 Å². The predicted octanol–water partition coefficient (Wildman–Crippen LogP) is 4.05. The van der Waals surface area contributed by atoms with Gasteiger partial charge in [0.05, 0.1) is 13.2 Å². The van der Waals surface area contributed by atoms with Crippen LogP contribution in [-0.2, 0) is 36.0 Å². The minimum Gasteiger partial charge on any atom is -0.455 e. The molecule has 0 aromatic heterocycles. The van der Waals surface area contributed by atoms with E-state index < -0.39 is 20.5 Å². The molecule has 1 atom stereocenters. The molecule has 1 unspecified atom stereocenters. The van der Waals surface area contributed by atoms with E-state index in [4.69, 9.17) is 18.0 Å². The summed E-state index contributed by atoms with van der Waals surface area (Å²) in [6.45, 7) is 8.03. The van der Waals surface area contributed by atoms with Crippen molar-refractivity contribution in [2.45, 2.75) is 32.8 Å². The lowest BCUT2D eigenvalue weighted by molar-refractivity contribution is -0.142. The van der Waals surface area contributed by atoms with E-state index >= 15 is 0 Å². The molecule has 2 aromatic rings. The van der Waals surface area contributed by atoms with Crippen molar-refractivity contribution in [1.82, 2.24) is 0 Å². The first-order chi connectivity index (χ1) is 13.1. The number of carbonyl (C=O) groups is 1. The zero-order chi connectivity index (χ0) is 19.5. The van der Waals surface area contributed by atoms with E-state index in [1.807, 2.05) is 67.6 Å². The normalized spacial score (nSPS) is 12.4. The number of ether oxygens (including phenoxy) is 1. The van der Waals surface area contributed by atoms with Crippen LogP contribution in [0.4, 0.5) is 0 Å². The molecule has 0 saturated heterocycles. The molecular formula is C21H26O5Si. The van der Waals surface area contributed by atoms with Crippen molar-refractivity contribution in [3.05, 3.63) is 84.4 Å². The predicted molar refractivity (Wildman–Crippen MR) is 106 cm³/mol. The Balaban J connectivity index is 2.20. The highest BCUT2D eigenvalue weighted by atomic mass is 28.4. The van der Waals surface area contributed by atoms with Crippen LogP contribution < -0.4 is 0 Å². The molecule has 2 rings (SSSR count). The molecule has 2 aromatic carbocycles. The highest BCUT2D eigenvalue weighted by Gasteiger charge is 2.50. The van der Waals surface area contributed by atoms with Crippen LogP contribution in [0.5, 0.6) is 0 Å². The van der Waals surface area contributed by atoms with Gasteiger partial charge >= 0.3 is 14.8 Å². The second kappa shape index (κ2) is 10.8. The SMILES string of the molecule is C=CC(=O)OC(C)[Si](OCC)(OCc1ccccc1)OCc1ccccc1. The van der Waals surface area contributed by atoms with E-state index in [9.17, 15) is 4.79 Å². The average Bonchev–Trinajstić information content (AvgIpc) is 2.71. The van der Waals surface area contributed by atoms with Crippen LogP contribution in [0, 0.1) is 0 Å². The molecule has 6 heteroatoms. The highest BCUT2D eigenvalue weighted by Crippen LogP contribution is 2.22. The van der Waals surface area contributed by atoms with Crippen LogP contribution in [-0.4, -0.2) is 27.1 Å². The minimum absolute atomic E-state index is 0.303. The van der Waals surface area contributed by atoms with Crippen LogP contribution in [0.3, 0.4) is 0 Å². The molecule has 0 bridgehead atoms. The number of hydrogen-bond acceptors (Lipinski definition) is 5. The molecule has 0 amide bonds. The summed E-state index contributed by atoms with van der Waals surface area (Å²) in [5.41, 5.74) is 1.30. The molecule has 27 heavy (non-hydrogen) atoms. The molecule has 0 fully saturated rings. The lowest BCUT2D eigenvalue weighted by Gasteiger charge is -2.33. The van der Waals surface area contributed by atoms with Crippen molar-refractivity contribution < 1.29 is 22.8 Å². The summed E-state index contributed by atoms with van der Waals surface area (Å²) in [4.78, 5) is 11.7. The Kier molecular flexibility index (Phi) is 8.41. The van der Waals surface area contributed by atoms with Gasteiger partial charge in [-0.1, -0.05) is 67.2 Å². The topological polar surface area (TPSA) is 54.0 Å². The molecule has 0 radical (unpaired) electrons. The first kappa shape index (κ1) is 21.1. The van der Waals surface area contributed by atoms with Gasteiger partial charge in [-0.15, -0.1) is 0 Å². The zero-order valence-electron chi connectivity index (χ0n) is 15.8. The summed E-state index contributed by atoms with van der Waals surface area (Å²) in [6, 6.07) is 19.5. The van der Waals surface area contributed by atoms with Gasteiger partial charge in [0.2, 0.25) is 0 Å². The molecule has 144 valence electrons. The Hall–Kier alpha value is -2.25. The largest absolute Gasteiger partial charge is 0.544 e. The van der Waals surface area contributed by atoms with Gasteiger partial charge in [0, 0.05) is 12.7 Å². The van der Waals surface area contributed by atoms with Crippen LogP contribution in [0.15, 0.2) is 73.3 Å². The van der Waals surface area contributed by atoms with Crippen LogP contribution >= 0.6 is 0 Å². The van der Waals surface area contributed by atoms with Crippen LogP contribution in [0.25, 0.3) is 0 Å². The molecule has 0 aliphatic heterocycles. The van der Waals surface area contributed by atoms with Gasteiger partial charge in [-0.3, -0.25) is 0 Å². The Bertz CT molecular complexity index is 662. The van der Waals surface area contributed by atoms with E-state index in [2.05, 4.69) is 6.58 Å². The standard InChI is InChI=1S/C21H26O5Si/c1-4-21(22)26-18(3)27(23-5-2,24-16-19-12-8-6-9-13-19)25-17-20-14-10-7-11-15-20/h4,6-15,18H,1,5,16-17H2,2-3H3. The third kappa shape index (κ3) is 6.44. The van der Waals surface area contributed by atoms with E-state index in [0.717, 1.165) is 17.2 Å². The summed E-state index contributed by atoms with van der Waals surface area (Å²) in [5.74, 6) is -0.536. The van der Waals surface area contributed by atoms with Crippen molar-refractivity contribution in [2.24, 2.45) is 0 Å². The molecule has 0 saturated carbocycles. The summed E-state index contributed by atoms with van der Waals surface area (Å²) in [5, 5.41) is 0. The summed E-state index contributed by atoms with van der Waals surface area (Å²) >= 11 is 0. The van der Waals surface area contributed by atoms with Gasteiger partial charge in [-0.25, -0.2) is 4.79 Å². The van der Waals surface area contributed by atoms with Crippen molar-refractivity contribution in [3.8, 4) is 0 Å². The fourth-order valence-electron chi connectivity index (χ4n) is 2.49. The fraction of sp³-hybridized carbons (Fsp3) is 0.286. The number of rotatable bonds is 11. The Morgan fingerprint density at radius 3 is 1.85 bits per heavy atom. The monoisotopic (exact) mass is 386 g/mol. The highest BCUT2D eigenvalue weighted by molar-refractivity contribution is 6.62. The van der Waals surface area contributed by atoms with Crippen LogP contribution in [0.2, 0.25) is 0 Å². The molecule has 0 aliphatic carbocycles. The molecule has 5 nitrogen and oxygen atoms in total. The minimum atomic E-state index is -3.33. The maximum absolute atomic E-state index is 11.7. The number of esters is 1. The van der Waals surface area contributed by atoms with E-state index in [0.29, 0.717) is 19.8 Å². The van der Waals surface area contributed by atoms with Crippen molar-refractivity contribution in [1.29, 1.82) is 0 Å². The Morgan fingerprint density at radius 2 is 1.44 bits per heavy atom. The quantitative estimate of drug-likeness (QED) is 0.331. The number of benzene rings is 2. The molecular weight excluding hydrogens is 360 g/mol. The third-order valence-electron chi connectivity index (χ3n) is 3.87. The second-order valence-electron chi connectivity index (χ2n) is 5.87. The van der Waals surface area contributed by atoms with Gasteiger partial charge in [0.25, 0.3) is 0 Å². The van der Waals surface area contributed by atoms with Crippen molar-refractivity contribution in [3.63, 3.8) is 0 Å². The molecule has 0 aliphatic rings. The molecule has 0 N–H and O–H groups in total. The van der Waals surface area contributed by atoms with Gasteiger partial charge in [-0.05, 0) is 25.0 Å². The Labute approximate surface area is 161 Å². The van der Waals surface area contributed by atoms with Gasteiger partial charge in [-0.2, -0.15) is 0 Å². The van der Waals surface area contributed by atoms with E-state index in [1.165, 1.54) is 0 Å². The molecule has 0 heterocycles. The fourth-order valence-corrected chi connectivity index (χ4v) is 4.84. The van der Waals surface area contributed by atoms with Crippen LogP contribution in [0.1, 0.15) is 25.0 Å². The van der Waals surface area contributed by atoms with Gasteiger partial charge < -0.3 is 18.0 Å². The Morgan fingerprint density at radius 1 is 0.963 bits per heavy atom. The lowest BCUT2D eigenvalue weighted by atomic mass is 10.2. The third-order valence-corrected chi connectivity index (χ3v) is 6.77. The smallest absolute Gasteiger partial charge is 0.455 e. The maximum atomic E-state index is 11.7. The lowest BCUT2D eigenvalue weighted by Crippen LogP contribution is -2.56. The van der Waals surface area contributed by atoms with Crippen molar-refractivity contribution >= 4 is 14.8 Å². The van der Waals surface area contributed by atoms with Crippen molar-refractivity contribution in [2.75, 3.05) is 6.61 Å². The molecule has 0 spiro atoms.